The van der Waals surface area contributed by atoms with Crippen LogP contribution in [0.5, 0.6) is 0 Å². The quantitative estimate of drug-likeness (QED) is 0.266. The second-order valence-electron chi connectivity index (χ2n) is 16.7. The molecule has 0 bridgehead atoms. The number of hydrogen-bond donors (Lipinski definition) is 2. The van der Waals surface area contributed by atoms with Gasteiger partial charge in [0.25, 0.3) is 11.8 Å². The first-order valence-electron chi connectivity index (χ1n) is 18.2. The molecule has 1 aromatic heterocycles. The average molecular weight is 667 g/mol. The second kappa shape index (κ2) is 14.0. The van der Waals surface area contributed by atoms with Gasteiger partial charge in [0, 0.05) is 18.7 Å². The highest BCUT2D eigenvalue weighted by Gasteiger charge is 2.53. The Kier molecular flexibility index (Phi) is 9.96. The fraction of sp³-hybridized carbons (Fsp3) is 0.590. The Morgan fingerprint density at radius 1 is 0.959 bits per heavy atom. The van der Waals surface area contributed by atoms with Crippen molar-refractivity contribution < 1.29 is 9.59 Å². The number of piperidine rings is 1. The molecule has 0 unspecified atom stereocenters. The number of aliphatic imine (C=N–C) groups is 1. The van der Waals surface area contributed by atoms with Crippen LogP contribution in [-0.2, 0) is 11.3 Å². The molecule has 2 aliphatic heterocycles. The molecule has 1 saturated heterocycles. The molecule has 10 nitrogen and oxygen atoms in total. The van der Waals surface area contributed by atoms with Crippen LogP contribution in [0.1, 0.15) is 132 Å². The third-order valence-electron chi connectivity index (χ3n) is 11.1. The fourth-order valence-electron chi connectivity index (χ4n) is 8.07. The fourth-order valence-corrected chi connectivity index (χ4v) is 8.07. The van der Waals surface area contributed by atoms with Crippen molar-refractivity contribution in [2.75, 3.05) is 13.1 Å². The normalized spacial score (nSPS) is 22.8. The molecule has 1 spiro atoms. The third-order valence-corrected chi connectivity index (χ3v) is 11.1. The molecule has 6 rings (SSSR count). The molecule has 3 heterocycles. The Morgan fingerprint density at radius 3 is 2.22 bits per heavy atom. The highest BCUT2D eigenvalue weighted by atomic mass is 16.2. The Morgan fingerprint density at radius 2 is 1.63 bits per heavy atom. The maximum Gasteiger partial charge on any atom is 0.291 e. The molecule has 262 valence electrons. The predicted molar refractivity (Wildman–Crippen MR) is 192 cm³/mol. The van der Waals surface area contributed by atoms with Crippen LogP contribution in [0.15, 0.2) is 59.6 Å². The first kappa shape index (κ1) is 34.8. The summed E-state index contributed by atoms with van der Waals surface area (Å²) in [6.45, 7) is 15.6. The van der Waals surface area contributed by atoms with E-state index in [1.807, 2.05) is 24.3 Å². The van der Waals surface area contributed by atoms with Gasteiger partial charge in [0.1, 0.15) is 5.66 Å². The van der Waals surface area contributed by atoms with E-state index in [4.69, 9.17) is 4.99 Å². The molecular formula is C39H54N8O2. The molecule has 10 heteroatoms. The lowest BCUT2D eigenvalue weighted by molar-refractivity contribution is -0.134. The zero-order chi connectivity index (χ0) is 34.8. The summed E-state index contributed by atoms with van der Waals surface area (Å²) in [7, 11) is 0. The molecule has 2 N–H and O–H groups in total. The SMILES string of the molecule is CC(C)(C)CC[C@H](c1ccc(C(=O)NCc2nn[nH]n2)cc1)N1C(=O)C(N2CCC(c3ccccc3)CC2)=NC12CCC(C(C)(C)C)CC2. The number of benzene rings is 2. The van der Waals surface area contributed by atoms with Crippen molar-refractivity contribution >= 4 is 17.6 Å². The zero-order valence-corrected chi connectivity index (χ0v) is 30.2. The summed E-state index contributed by atoms with van der Waals surface area (Å²) in [5.41, 5.74) is 2.72. The van der Waals surface area contributed by atoms with E-state index in [0.717, 1.165) is 70.0 Å². The van der Waals surface area contributed by atoms with Gasteiger partial charge in [0.2, 0.25) is 0 Å². The molecule has 2 fully saturated rings. The van der Waals surface area contributed by atoms with Gasteiger partial charge >= 0.3 is 0 Å². The number of amidine groups is 1. The van der Waals surface area contributed by atoms with E-state index in [1.54, 1.807) is 0 Å². The van der Waals surface area contributed by atoms with Gasteiger partial charge in [-0.05, 0) is 97.3 Å². The Hall–Kier alpha value is -4.08. The number of hydrogen-bond acceptors (Lipinski definition) is 7. The van der Waals surface area contributed by atoms with Crippen molar-refractivity contribution in [2.24, 2.45) is 21.7 Å². The molecule has 3 aromatic rings. The van der Waals surface area contributed by atoms with Crippen LogP contribution in [0.3, 0.4) is 0 Å². The van der Waals surface area contributed by atoms with E-state index in [9.17, 15) is 9.59 Å². The number of carbonyl (C=O) groups is 2. The van der Waals surface area contributed by atoms with Crippen molar-refractivity contribution in [1.29, 1.82) is 0 Å². The summed E-state index contributed by atoms with van der Waals surface area (Å²) >= 11 is 0. The number of likely N-dealkylation sites (tertiary alicyclic amines) is 1. The van der Waals surface area contributed by atoms with Crippen LogP contribution >= 0.6 is 0 Å². The van der Waals surface area contributed by atoms with Gasteiger partial charge in [0.15, 0.2) is 11.7 Å². The lowest BCUT2D eigenvalue weighted by Gasteiger charge is -2.47. The Balaban J connectivity index is 1.28. The standard InChI is InChI=1S/C39H54N8O2/c1-37(2,3)21-18-32(29-12-14-30(15-13-29)35(48)40-26-33-42-44-45-43-33)47-36(49)34(41-39(47)22-16-31(17-23-39)38(4,5)6)46-24-19-28(20-25-46)27-10-8-7-9-11-27/h7-15,28,31-32H,16-26H2,1-6H3,(H,40,48)(H,42,43,44,45)/t31?,32-,39?/m1/s1. The van der Waals surface area contributed by atoms with E-state index in [2.05, 4.69) is 108 Å². The Labute approximate surface area is 291 Å². The predicted octanol–water partition coefficient (Wildman–Crippen LogP) is 7.05. The van der Waals surface area contributed by atoms with Gasteiger partial charge in [-0.25, -0.2) is 4.99 Å². The Bertz CT molecular complexity index is 1590. The maximum absolute atomic E-state index is 14.9. The minimum atomic E-state index is -0.562. The number of aromatic nitrogens is 4. The van der Waals surface area contributed by atoms with Gasteiger partial charge in [0.05, 0.1) is 12.6 Å². The molecule has 2 aromatic carbocycles. The van der Waals surface area contributed by atoms with Gasteiger partial charge in [-0.15, -0.1) is 10.2 Å². The van der Waals surface area contributed by atoms with Crippen LogP contribution in [0.2, 0.25) is 0 Å². The number of tetrazole rings is 1. The topological polar surface area (TPSA) is 119 Å². The largest absolute Gasteiger partial charge is 0.352 e. The molecule has 1 atom stereocenters. The smallest absolute Gasteiger partial charge is 0.291 e. The number of H-pyrrole nitrogens is 1. The molecule has 49 heavy (non-hydrogen) atoms. The number of nitrogens with one attached hydrogen (secondary N) is 2. The summed E-state index contributed by atoms with van der Waals surface area (Å²) in [6.07, 6.45) is 7.63. The minimum absolute atomic E-state index is 0.0632. The minimum Gasteiger partial charge on any atom is -0.352 e. The summed E-state index contributed by atoms with van der Waals surface area (Å²) in [4.78, 5) is 37.8. The zero-order valence-electron chi connectivity index (χ0n) is 30.2. The van der Waals surface area contributed by atoms with Crippen LogP contribution in [0.25, 0.3) is 0 Å². The molecule has 0 radical (unpaired) electrons. The van der Waals surface area contributed by atoms with E-state index in [1.165, 1.54) is 5.56 Å². The lowest BCUT2D eigenvalue weighted by Crippen LogP contribution is -2.52. The van der Waals surface area contributed by atoms with Crippen LogP contribution < -0.4 is 5.32 Å². The van der Waals surface area contributed by atoms with E-state index >= 15 is 0 Å². The van der Waals surface area contributed by atoms with Crippen LogP contribution in [0.4, 0.5) is 0 Å². The second-order valence-corrected chi connectivity index (χ2v) is 16.7. The van der Waals surface area contributed by atoms with Crippen molar-refractivity contribution in [2.45, 2.75) is 117 Å². The molecule has 3 aliphatic rings. The summed E-state index contributed by atoms with van der Waals surface area (Å²) in [5, 5.41) is 16.6. The van der Waals surface area contributed by atoms with E-state index in [0.29, 0.717) is 29.1 Å². The number of aromatic amines is 1. The van der Waals surface area contributed by atoms with E-state index < -0.39 is 5.66 Å². The summed E-state index contributed by atoms with van der Waals surface area (Å²) in [6, 6.07) is 18.4. The maximum atomic E-state index is 14.9. The van der Waals surface area contributed by atoms with Gasteiger partial charge in [-0.3, -0.25) is 9.59 Å². The lowest BCUT2D eigenvalue weighted by atomic mass is 9.69. The molecule has 1 aliphatic carbocycles. The van der Waals surface area contributed by atoms with Crippen LogP contribution in [0, 0.1) is 16.7 Å². The number of amides is 2. The first-order valence-corrected chi connectivity index (χ1v) is 18.2. The number of carbonyl (C=O) groups excluding carboxylic acids is 2. The van der Waals surface area contributed by atoms with Gasteiger partial charge < -0.3 is 15.1 Å². The number of rotatable bonds is 8. The molecule has 1 saturated carbocycles. The number of nitrogens with zero attached hydrogens (tertiary/aromatic N) is 6. The average Bonchev–Trinajstić information content (AvgIpc) is 3.70. The highest BCUT2D eigenvalue weighted by molar-refractivity contribution is 6.39. The van der Waals surface area contributed by atoms with Gasteiger partial charge in [-0.2, -0.15) is 5.21 Å². The first-order chi connectivity index (χ1) is 23.3. The highest BCUT2D eigenvalue weighted by Crippen LogP contribution is 2.50. The van der Waals surface area contributed by atoms with Crippen LogP contribution in [-0.4, -0.2) is 66.8 Å². The molecular weight excluding hydrogens is 612 g/mol. The van der Waals surface area contributed by atoms with Crippen molar-refractivity contribution in [3.8, 4) is 0 Å². The van der Waals surface area contributed by atoms with Crippen molar-refractivity contribution in [3.63, 3.8) is 0 Å². The van der Waals surface area contributed by atoms with Gasteiger partial charge in [-0.1, -0.05) is 89.2 Å². The monoisotopic (exact) mass is 666 g/mol. The summed E-state index contributed by atoms with van der Waals surface area (Å²) in [5.74, 6) is 2.03. The van der Waals surface area contributed by atoms with Crippen molar-refractivity contribution in [3.05, 3.63) is 77.1 Å². The summed E-state index contributed by atoms with van der Waals surface area (Å²) < 4.78 is 0. The molecule has 2 amide bonds. The third kappa shape index (κ3) is 7.89. The van der Waals surface area contributed by atoms with E-state index in [-0.39, 0.29) is 35.2 Å². The van der Waals surface area contributed by atoms with Crippen molar-refractivity contribution in [1.82, 2.24) is 35.7 Å².